The van der Waals surface area contributed by atoms with Crippen molar-refractivity contribution in [3.63, 3.8) is 0 Å². The first-order valence-corrected chi connectivity index (χ1v) is 6.32. The third-order valence-electron chi connectivity index (χ3n) is 2.50. The van der Waals surface area contributed by atoms with Crippen molar-refractivity contribution in [1.29, 1.82) is 10.5 Å². The highest BCUT2D eigenvalue weighted by molar-refractivity contribution is 9.10. The minimum Gasteiger partial charge on any atom is -0.383 e. The zero-order chi connectivity index (χ0) is 13.4. The van der Waals surface area contributed by atoms with Crippen LogP contribution in [-0.4, -0.2) is 26.8 Å². The maximum absolute atomic E-state index is 8.87. The Morgan fingerprint density at radius 1 is 1.33 bits per heavy atom. The van der Waals surface area contributed by atoms with Crippen molar-refractivity contribution in [2.45, 2.75) is 6.42 Å². The zero-order valence-electron chi connectivity index (χ0n) is 10.2. The first-order chi connectivity index (χ1) is 8.72. The Bertz CT molecular complexity index is 476. The fourth-order valence-corrected chi connectivity index (χ4v) is 2.00. The largest absolute Gasteiger partial charge is 0.383 e. The van der Waals surface area contributed by atoms with E-state index in [4.69, 9.17) is 15.3 Å². The molecule has 0 spiro atoms. The van der Waals surface area contributed by atoms with Gasteiger partial charge in [-0.3, -0.25) is 0 Å². The van der Waals surface area contributed by atoms with Crippen LogP contribution < -0.4 is 4.90 Å². The smallest absolute Gasteiger partial charge is 0.100 e. The van der Waals surface area contributed by atoms with Crippen LogP contribution in [0.1, 0.15) is 12.0 Å². The van der Waals surface area contributed by atoms with Crippen LogP contribution in [0, 0.1) is 22.7 Å². The maximum atomic E-state index is 8.87. The van der Waals surface area contributed by atoms with E-state index in [-0.39, 0.29) is 0 Å². The number of nitriles is 2. The lowest BCUT2D eigenvalue weighted by atomic mass is 10.2. The first kappa shape index (κ1) is 14.5. The molecule has 0 saturated heterocycles. The molecule has 0 heterocycles. The van der Waals surface area contributed by atoms with Crippen molar-refractivity contribution in [2.75, 3.05) is 31.7 Å². The van der Waals surface area contributed by atoms with Crippen molar-refractivity contribution in [2.24, 2.45) is 0 Å². The quantitative estimate of drug-likeness (QED) is 0.810. The van der Waals surface area contributed by atoms with E-state index in [0.717, 1.165) is 16.7 Å². The summed E-state index contributed by atoms with van der Waals surface area (Å²) in [6.45, 7) is 1.97. The Morgan fingerprint density at radius 3 is 2.67 bits per heavy atom. The Balaban J connectivity index is 2.87. The van der Waals surface area contributed by atoms with Gasteiger partial charge in [-0.05, 0) is 34.1 Å². The molecule has 5 heteroatoms. The predicted molar refractivity (Wildman–Crippen MR) is 73.2 cm³/mol. The van der Waals surface area contributed by atoms with Crippen molar-refractivity contribution in [1.82, 2.24) is 0 Å². The van der Waals surface area contributed by atoms with Gasteiger partial charge in [0.1, 0.15) is 6.07 Å². The second-order valence-electron chi connectivity index (χ2n) is 3.66. The van der Waals surface area contributed by atoms with E-state index in [2.05, 4.69) is 33.0 Å². The van der Waals surface area contributed by atoms with Gasteiger partial charge in [-0.25, -0.2) is 0 Å². The molecule has 94 valence electrons. The second kappa shape index (κ2) is 7.71. The minimum atomic E-state index is 0.460. The van der Waals surface area contributed by atoms with E-state index in [1.54, 1.807) is 13.2 Å². The van der Waals surface area contributed by atoms with Gasteiger partial charge in [-0.2, -0.15) is 10.5 Å². The van der Waals surface area contributed by atoms with E-state index < -0.39 is 0 Å². The predicted octanol–water partition coefficient (Wildman–Crippen LogP) is 2.69. The number of anilines is 1. The van der Waals surface area contributed by atoms with Crippen LogP contribution in [0.2, 0.25) is 0 Å². The average molecular weight is 308 g/mol. The van der Waals surface area contributed by atoms with Gasteiger partial charge in [-0.15, -0.1) is 0 Å². The minimum absolute atomic E-state index is 0.460. The van der Waals surface area contributed by atoms with Crippen LogP contribution in [0.5, 0.6) is 0 Å². The van der Waals surface area contributed by atoms with Gasteiger partial charge in [0.05, 0.1) is 24.7 Å². The molecule has 0 aliphatic carbocycles. The Morgan fingerprint density at radius 2 is 2.11 bits per heavy atom. The molecule has 0 radical (unpaired) electrons. The van der Waals surface area contributed by atoms with Crippen molar-refractivity contribution < 1.29 is 4.74 Å². The number of ether oxygens (including phenoxy) is 1. The van der Waals surface area contributed by atoms with E-state index in [0.29, 0.717) is 25.1 Å². The van der Waals surface area contributed by atoms with Crippen LogP contribution in [0.3, 0.4) is 0 Å². The molecule has 0 saturated carbocycles. The van der Waals surface area contributed by atoms with Gasteiger partial charge in [0.15, 0.2) is 0 Å². The molecule has 4 nitrogen and oxygen atoms in total. The summed E-state index contributed by atoms with van der Waals surface area (Å²) in [7, 11) is 1.65. The summed E-state index contributed by atoms with van der Waals surface area (Å²) in [6.07, 6.45) is 0.460. The fourth-order valence-electron chi connectivity index (χ4n) is 1.55. The summed E-state index contributed by atoms with van der Waals surface area (Å²) in [5.41, 5.74) is 1.58. The number of halogens is 1. The molecule has 0 unspecified atom stereocenters. The lowest BCUT2D eigenvalue weighted by Crippen LogP contribution is -2.28. The molecular formula is C13H14BrN3O. The molecule has 1 aromatic carbocycles. The summed E-state index contributed by atoms with van der Waals surface area (Å²) >= 11 is 3.37. The number of benzene rings is 1. The third kappa shape index (κ3) is 4.03. The Hall–Kier alpha value is -1.56. The van der Waals surface area contributed by atoms with Gasteiger partial charge in [0.2, 0.25) is 0 Å². The number of rotatable bonds is 6. The van der Waals surface area contributed by atoms with Gasteiger partial charge >= 0.3 is 0 Å². The van der Waals surface area contributed by atoms with Gasteiger partial charge < -0.3 is 9.64 Å². The van der Waals surface area contributed by atoms with Crippen LogP contribution in [0.4, 0.5) is 5.69 Å². The number of methoxy groups -OCH3 is 1. The topological polar surface area (TPSA) is 60.0 Å². The standard InChI is InChI=1S/C13H14BrN3O/c1-18-8-7-17(6-2-5-15)12-4-3-11(10-16)13(14)9-12/h3-4,9H,2,6-8H2,1H3. The molecule has 0 aliphatic rings. The molecule has 0 N–H and O–H groups in total. The van der Waals surface area contributed by atoms with E-state index in [9.17, 15) is 0 Å². The Labute approximate surface area is 116 Å². The third-order valence-corrected chi connectivity index (χ3v) is 3.15. The van der Waals surface area contributed by atoms with E-state index >= 15 is 0 Å². The number of hydrogen-bond donors (Lipinski definition) is 0. The average Bonchev–Trinajstić information content (AvgIpc) is 2.39. The summed E-state index contributed by atoms with van der Waals surface area (Å²) in [6, 6.07) is 9.79. The SMILES string of the molecule is COCCN(CCC#N)c1ccc(C#N)c(Br)c1. The molecule has 0 aromatic heterocycles. The summed E-state index contributed by atoms with van der Waals surface area (Å²) in [5.74, 6) is 0. The van der Waals surface area contributed by atoms with Crippen LogP contribution in [-0.2, 0) is 4.74 Å². The molecule has 0 atom stereocenters. The Kier molecular flexibility index (Phi) is 6.21. The van der Waals surface area contributed by atoms with Gasteiger partial charge in [0.25, 0.3) is 0 Å². The highest BCUT2D eigenvalue weighted by Crippen LogP contribution is 2.23. The fraction of sp³-hybridized carbons (Fsp3) is 0.385. The number of nitrogens with zero attached hydrogens (tertiary/aromatic N) is 3. The van der Waals surface area contributed by atoms with Crippen LogP contribution >= 0.6 is 15.9 Å². The van der Waals surface area contributed by atoms with Crippen molar-refractivity contribution in [3.8, 4) is 12.1 Å². The highest BCUT2D eigenvalue weighted by Gasteiger charge is 2.08. The molecular weight excluding hydrogens is 294 g/mol. The normalized spacial score (nSPS) is 9.56. The van der Waals surface area contributed by atoms with Crippen LogP contribution in [0.25, 0.3) is 0 Å². The van der Waals surface area contributed by atoms with Crippen LogP contribution in [0.15, 0.2) is 22.7 Å². The van der Waals surface area contributed by atoms with Crippen molar-refractivity contribution >= 4 is 21.6 Å². The molecule has 18 heavy (non-hydrogen) atoms. The summed E-state index contributed by atoms with van der Waals surface area (Å²) in [5, 5.41) is 17.5. The second-order valence-corrected chi connectivity index (χ2v) is 4.52. The zero-order valence-corrected chi connectivity index (χ0v) is 11.8. The van der Waals surface area contributed by atoms with Gasteiger partial charge in [0, 0.05) is 30.4 Å². The summed E-state index contributed by atoms with van der Waals surface area (Å²) < 4.78 is 5.83. The van der Waals surface area contributed by atoms with E-state index in [1.165, 1.54) is 0 Å². The highest BCUT2D eigenvalue weighted by atomic mass is 79.9. The lowest BCUT2D eigenvalue weighted by Gasteiger charge is -2.23. The van der Waals surface area contributed by atoms with Crippen molar-refractivity contribution in [3.05, 3.63) is 28.2 Å². The monoisotopic (exact) mass is 307 g/mol. The molecule has 0 amide bonds. The molecule has 0 aliphatic heterocycles. The first-order valence-electron chi connectivity index (χ1n) is 5.53. The van der Waals surface area contributed by atoms with Gasteiger partial charge in [-0.1, -0.05) is 0 Å². The maximum Gasteiger partial charge on any atom is 0.100 e. The molecule has 0 fully saturated rings. The number of hydrogen-bond acceptors (Lipinski definition) is 4. The molecule has 0 bridgehead atoms. The lowest BCUT2D eigenvalue weighted by molar-refractivity contribution is 0.205. The molecule has 1 aromatic rings. The molecule has 1 rings (SSSR count). The van der Waals surface area contributed by atoms with E-state index in [1.807, 2.05) is 12.1 Å². The summed E-state index contributed by atoms with van der Waals surface area (Å²) in [4.78, 5) is 2.07.